The molecule has 2 aromatic rings. The summed E-state index contributed by atoms with van der Waals surface area (Å²) in [4.78, 5) is 12.3. The van der Waals surface area contributed by atoms with Crippen LogP contribution in [0, 0.1) is 6.92 Å². The number of hydrogen-bond donors (Lipinski definition) is 0. The van der Waals surface area contributed by atoms with Gasteiger partial charge in [-0.15, -0.1) is 0 Å². The Morgan fingerprint density at radius 1 is 1.15 bits per heavy atom. The van der Waals surface area contributed by atoms with Crippen LogP contribution in [0.1, 0.15) is 34.3 Å². The zero-order valence-electron chi connectivity index (χ0n) is 11.6. The van der Waals surface area contributed by atoms with Gasteiger partial charge in [0, 0.05) is 12.0 Å². The summed E-state index contributed by atoms with van der Waals surface area (Å²) in [6, 6.07) is 15.8. The Morgan fingerprint density at radius 2 is 1.90 bits per heavy atom. The van der Waals surface area contributed by atoms with E-state index in [4.69, 9.17) is 4.74 Å². The van der Waals surface area contributed by atoms with Crippen molar-refractivity contribution in [3.8, 4) is 5.75 Å². The molecule has 0 fully saturated rings. The van der Waals surface area contributed by atoms with Crippen molar-refractivity contribution in [3.05, 3.63) is 65.2 Å². The van der Waals surface area contributed by atoms with Gasteiger partial charge in [0.1, 0.15) is 11.9 Å². The minimum atomic E-state index is -0.00120. The van der Waals surface area contributed by atoms with Crippen LogP contribution in [-0.2, 0) is 6.42 Å². The van der Waals surface area contributed by atoms with Crippen LogP contribution in [-0.4, -0.2) is 11.9 Å². The van der Waals surface area contributed by atoms with Crippen molar-refractivity contribution >= 4 is 5.78 Å². The van der Waals surface area contributed by atoms with Gasteiger partial charge in [0.2, 0.25) is 0 Å². The van der Waals surface area contributed by atoms with E-state index in [0.29, 0.717) is 6.42 Å². The van der Waals surface area contributed by atoms with Crippen LogP contribution in [0.2, 0.25) is 0 Å². The molecule has 1 heterocycles. The maximum Gasteiger partial charge on any atom is 0.166 e. The number of ether oxygens (including phenoxy) is 1. The Labute approximate surface area is 119 Å². The topological polar surface area (TPSA) is 26.3 Å². The molecule has 0 saturated carbocycles. The zero-order chi connectivity index (χ0) is 13.9. The number of carbonyl (C=O) groups is 1. The highest BCUT2D eigenvalue weighted by Gasteiger charge is 2.22. The first-order chi connectivity index (χ1) is 9.72. The van der Waals surface area contributed by atoms with Crippen molar-refractivity contribution < 1.29 is 9.53 Å². The van der Waals surface area contributed by atoms with Gasteiger partial charge >= 0.3 is 0 Å². The summed E-state index contributed by atoms with van der Waals surface area (Å²) in [5.74, 6) is 1.09. The summed E-state index contributed by atoms with van der Waals surface area (Å²) >= 11 is 0. The molecule has 1 atom stereocenters. The van der Waals surface area contributed by atoms with Crippen LogP contribution in [0.5, 0.6) is 5.75 Å². The number of benzene rings is 2. The van der Waals surface area contributed by atoms with Gasteiger partial charge in [0.15, 0.2) is 5.78 Å². The average molecular weight is 266 g/mol. The number of carbonyl (C=O) groups excluding carboxylic acids is 1. The van der Waals surface area contributed by atoms with E-state index < -0.39 is 0 Å². The van der Waals surface area contributed by atoms with E-state index in [9.17, 15) is 4.79 Å². The van der Waals surface area contributed by atoms with Gasteiger partial charge in [0.05, 0.1) is 0 Å². The molecule has 0 unspecified atom stereocenters. The monoisotopic (exact) mass is 266 g/mol. The largest absolute Gasteiger partial charge is 0.490 e. The second-order valence-corrected chi connectivity index (χ2v) is 5.38. The molecule has 0 aromatic heterocycles. The van der Waals surface area contributed by atoms with Crippen LogP contribution in [0.15, 0.2) is 48.5 Å². The molecule has 0 aliphatic carbocycles. The molecule has 0 bridgehead atoms. The first-order valence-corrected chi connectivity index (χ1v) is 7.07. The number of ketones is 1. The smallest absolute Gasteiger partial charge is 0.166 e. The Kier molecular flexibility index (Phi) is 3.55. The van der Waals surface area contributed by atoms with Gasteiger partial charge in [-0.25, -0.2) is 0 Å². The maximum atomic E-state index is 12.3. The molecule has 0 radical (unpaired) electrons. The standard InChI is InChI=1S/C18H18O2/c1-13-6-8-14(9-7-13)17(19)12-16-11-10-15-4-2-3-5-18(15)20-16/h2-9,16H,10-12H2,1H3/t16-/m1/s1. The fourth-order valence-corrected chi connectivity index (χ4v) is 2.59. The van der Waals surface area contributed by atoms with Gasteiger partial charge in [-0.1, -0.05) is 48.0 Å². The molecule has 102 valence electrons. The van der Waals surface area contributed by atoms with Crippen molar-refractivity contribution in [1.29, 1.82) is 0 Å². The lowest BCUT2D eigenvalue weighted by Gasteiger charge is -2.25. The Balaban J connectivity index is 1.67. The van der Waals surface area contributed by atoms with E-state index >= 15 is 0 Å². The first kappa shape index (κ1) is 12.9. The highest BCUT2D eigenvalue weighted by molar-refractivity contribution is 5.96. The van der Waals surface area contributed by atoms with E-state index in [1.807, 2.05) is 49.4 Å². The summed E-state index contributed by atoms with van der Waals surface area (Å²) in [5, 5.41) is 0. The Hall–Kier alpha value is -2.09. The molecular formula is C18H18O2. The molecule has 1 aliphatic heterocycles. The lowest BCUT2D eigenvalue weighted by atomic mass is 9.97. The predicted octanol–water partition coefficient (Wildman–Crippen LogP) is 3.96. The second-order valence-electron chi connectivity index (χ2n) is 5.38. The zero-order valence-corrected chi connectivity index (χ0v) is 11.6. The number of hydrogen-bond acceptors (Lipinski definition) is 2. The number of rotatable bonds is 3. The van der Waals surface area contributed by atoms with E-state index in [2.05, 4.69) is 6.07 Å². The Morgan fingerprint density at radius 3 is 2.70 bits per heavy atom. The summed E-state index contributed by atoms with van der Waals surface area (Å²) < 4.78 is 5.93. The summed E-state index contributed by atoms with van der Waals surface area (Å²) in [6.45, 7) is 2.02. The SMILES string of the molecule is Cc1ccc(C(=O)C[C@H]2CCc3ccccc3O2)cc1. The third-order valence-electron chi connectivity index (χ3n) is 3.79. The van der Waals surface area contributed by atoms with Crippen molar-refractivity contribution in [2.24, 2.45) is 0 Å². The quantitative estimate of drug-likeness (QED) is 0.786. The number of fused-ring (bicyclic) bond motifs is 1. The van der Waals surface area contributed by atoms with Gasteiger partial charge < -0.3 is 4.74 Å². The van der Waals surface area contributed by atoms with Crippen molar-refractivity contribution in [2.75, 3.05) is 0 Å². The molecule has 0 spiro atoms. The molecule has 3 rings (SSSR count). The second kappa shape index (κ2) is 5.49. The van der Waals surface area contributed by atoms with E-state index in [1.54, 1.807) is 0 Å². The summed E-state index contributed by atoms with van der Waals surface area (Å²) in [5.41, 5.74) is 3.19. The number of aryl methyl sites for hydroxylation is 2. The summed E-state index contributed by atoms with van der Waals surface area (Å²) in [7, 11) is 0. The lowest BCUT2D eigenvalue weighted by Crippen LogP contribution is -2.25. The average Bonchev–Trinajstić information content (AvgIpc) is 2.48. The van der Waals surface area contributed by atoms with Crippen molar-refractivity contribution in [3.63, 3.8) is 0 Å². The van der Waals surface area contributed by atoms with Crippen LogP contribution in [0.25, 0.3) is 0 Å². The Bertz CT molecular complexity index is 614. The molecule has 0 amide bonds. The van der Waals surface area contributed by atoms with Crippen LogP contribution in [0.3, 0.4) is 0 Å². The molecule has 2 heteroatoms. The highest BCUT2D eigenvalue weighted by atomic mass is 16.5. The summed E-state index contributed by atoms with van der Waals surface area (Å²) in [6.07, 6.45) is 2.35. The van der Waals surface area contributed by atoms with Crippen LogP contribution >= 0.6 is 0 Å². The van der Waals surface area contributed by atoms with Crippen molar-refractivity contribution in [1.82, 2.24) is 0 Å². The third kappa shape index (κ3) is 2.74. The molecule has 0 N–H and O–H groups in total. The van der Waals surface area contributed by atoms with E-state index in [1.165, 1.54) is 11.1 Å². The molecule has 2 aromatic carbocycles. The maximum absolute atomic E-state index is 12.3. The predicted molar refractivity (Wildman–Crippen MR) is 79.3 cm³/mol. The molecule has 0 saturated heterocycles. The molecule has 2 nitrogen and oxygen atoms in total. The number of Topliss-reactive ketones (excluding diaryl/α,β-unsaturated/α-hetero) is 1. The minimum absolute atomic E-state index is 0.00120. The van der Waals surface area contributed by atoms with E-state index in [-0.39, 0.29) is 11.9 Å². The van der Waals surface area contributed by atoms with Gasteiger partial charge in [-0.05, 0) is 31.4 Å². The number of para-hydroxylation sites is 1. The normalized spacial score (nSPS) is 17.1. The fraction of sp³-hybridized carbons (Fsp3) is 0.278. The van der Waals surface area contributed by atoms with Crippen LogP contribution < -0.4 is 4.74 Å². The highest BCUT2D eigenvalue weighted by Crippen LogP contribution is 2.28. The molecular weight excluding hydrogens is 248 g/mol. The molecule has 20 heavy (non-hydrogen) atoms. The van der Waals surface area contributed by atoms with Gasteiger partial charge in [0.25, 0.3) is 0 Å². The minimum Gasteiger partial charge on any atom is -0.490 e. The first-order valence-electron chi connectivity index (χ1n) is 7.07. The van der Waals surface area contributed by atoms with Gasteiger partial charge in [-0.3, -0.25) is 4.79 Å². The van der Waals surface area contributed by atoms with Crippen LogP contribution in [0.4, 0.5) is 0 Å². The molecule has 1 aliphatic rings. The fourth-order valence-electron chi connectivity index (χ4n) is 2.59. The van der Waals surface area contributed by atoms with Crippen molar-refractivity contribution in [2.45, 2.75) is 32.3 Å². The lowest BCUT2D eigenvalue weighted by molar-refractivity contribution is 0.0884. The van der Waals surface area contributed by atoms with Gasteiger partial charge in [-0.2, -0.15) is 0 Å². The van der Waals surface area contributed by atoms with E-state index in [0.717, 1.165) is 24.2 Å². The third-order valence-corrected chi connectivity index (χ3v) is 3.79.